The van der Waals surface area contributed by atoms with E-state index in [0.717, 1.165) is 17.6 Å². The average molecular weight is 190 g/mol. The van der Waals surface area contributed by atoms with Crippen molar-refractivity contribution >= 4 is 16.9 Å². The topological polar surface area (TPSA) is 0 Å². The van der Waals surface area contributed by atoms with Crippen LogP contribution in [0.2, 0.25) is 0 Å². The Balaban J connectivity index is 2.44. The number of rotatable bonds is 3. The van der Waals surface area contributed by atoms with Gasteiger partial charge in [-0.15, -0.1) is 0 Å². The Morgan fingerprint density at radius 3 is 3.08 bits per heavy atom. The lowest BCUT2D eigenvalue weighted by molar-refractivity contribution is 0.828. The average Bonchev–Trinajstić information content (AvgIpc) is 2.65. The zero-order valence-corrected chi connectivity index (χ0v) is 8.79. The molecule has 0 aliphatic heterocycles. The second kappa shape index (κ2) is 5.61. The lowest BCUT2D eigenvalue weighted by Crippen LogP contribution is -1.73. The molecule has 0 spiro atoms. The monoisotopic (exact) mass is 190 g/mol. The molecule has 0 saturated heterocycles. The maximum atomic E-state index is 3.93. The molecule has 1 aromatic rings. The summed E-state index contributed by atoms with van der Waals surface area (Å²) in [6.45, 7) is 6.10. The molecular formula is C12H14S. The van der Waals surface area contributed by atoms with Crippen LogP contribution >= 0.6 is 11.3 Å². The summed E-state index contributed by atoms with van der Waals surface area (Å²) in [7, 11) is 0. The zero-order valence-electron chi connectivity index (χ0n) is 7.97. The fourth-order valence-corrected chi connectivity index (χ4v) is 1.61. The van der Waals surface area contributed by atoms with E-state index in [4.69, 9.17) is 0 Å². The first-order valence-electron chi connectivity index (χ1n) is 4.55. The normalized spacial score (nSPS) is 9.00. The molecule has 0 nitrogen and oxygen atoms in total. The molecule has 68 valence electrons. The summed E-state index contributed by atoms with van der Waals surface area (Å²) in [6, 6.07) is 2.06. The van der Waals surface area contributed by atoms with Gasteiger partial charge in [0.05, 0.1) is 0 Å². The van der Waals surface area contributed by atoms with Crippen molar-refractivity contribution in [2.75, 3.05) is 0 Å². The third-order valence-corrected chi connectivity index (χ3v) is 2.45. The summed E-state index contributed by atoms with van der Waals surface area (Å²) in [4.78, 5) is 0. The van der Waals surface area contributed by atoms with Crippen molar-refractivity contribution < 1.29 is 0 Å². The van der Waals surface area contributed by atoms with Crippen molar-refractivity contribution in [3.05, 3.63) is 29.0 Å². The van der Waals surface area contributed by atoms with Crippen LogP contribution in [0, 0.1) is 11.8 Å². The lowest BCUT2D eigenvalue weighted by Gasteiger charge is -1.89. The summed E-state index contributed by atoms with van der Waals surface area (Å²) in [6.07, 6.45) is 3.38. The fourth-order valence-electron chi connectivity index (χ4n) is 0.943. The molecule has 0 bridgehead atoms. The molecule has 0 aliphatic rings. The van der Waals surface area contributed by atoms with E-state index in [1.807, 2.05) is 5.38 Å². The van der Waals surface area contributed by atoms with Crippen molar-refractivity contribution in [1.29, 1.82) is 0 Å². The second-order valence-corrected chi connectivity index (χ2v) is 3.68. The van der Waals surface area contributed by atoms with Crippen molar-refractivity contribution in [2.45, 2.75) is 26.2 Å². The van der Waals surface area contributed by atoms with Gasteiger partial charge in [-0.1, -0.05) is 31.8 Å². The highest BCUT2D eigenvalue weighted by Crippen LogP contribution is 2.14. The predicted molar refractivity (Wildman–Crippen MR) is 60.7 cm³/mol. The van der Waals surface area contributed by atoms with E-state index < -0.39 is 0 Å². The third-order valence-electron chi connectivity index (χ3n) is 1.76. The molecule has 0 amide bonds. The van der Waals surface area contributed by atoms with Gasteiger partial charge in [0.25, 0.3) is 0 Å². The quantitative estimate of drug-likeness (QED) is 0.500. The minimum absolute atomic E-state index is 0.942. The molecule has 1 aromatic heterocycles. The third kappa shape index (κ3) is 3.48. The molecule has 13 heavy (non-hydrogen) atoms. The van der Waals surface area contributed by atoms with Gasteiger partial charge in [0.15, 0.2) is 0 Å². The molecule has 0 radical (unpaired) electrons. The number of thiophene rings is 1. The van der Waals surface area contributed by atoms with E-state index in [2.05, 4.69) is 36.8 Å². The smallest absolute Gasteiger partial charge is 0.0254 e. The predicted octanol–water partition coefficient (Wildman–Crippen LogP) is 3.95. The van der Waals surface area contributed by atoms with Gasteiger partial charge < -0.3 is 0 Å². The summed E-state index contributed by atoms with van der Waals surface area (Å²) in [5, 5.41) is 4.13. The molecule has 1 heterocycles. The highest BCUT2D eigenvalue weighted by Gasteiger charge is 1.93. The van der Waals surface area contributed by atoms with Crippen LogP contribution in [0.3, 0.4) is 0 Å². The minimum Gasteiger partial charge on any atom is -0.152 e. The Kier molecular flexibility index (Phi) is 4.35. The molecule has 0 N–H and O–H groups in total. The summed E-state index contributed by atoms with van der Waals surface area (Å²) < 4.78 is 0. The van der Waals surface area contributed by atoms with Crippen LogP contribution in [0.5, 0.6) is 0 Å². The van der Waals surface area contributed by atoms with Crippen molar-refractivity contribution in [1.82, 2.24) is 0 Å². The van der Waals surface area contributed by atoms with E-state index >= 15 is 0 Å². The molecule has 0 unspecified atom stereocenters. The van der Waals surface area contributed by atoms with E-state index in [-0.39, 0.29) is 0 Å². The van der Waals surface area contributed by atoms with Gasteiger partial charge in [-0.3, -0.25) is 0 Å². The second-order valence-electron chi connectivity index (χ2n) is 2.90. The van der Waals surface area contributed by atoms with E-state index in [1.165, 1.54) is 12.8 Å². The van der Waals surface area contributed by atoms with Gasteiger partial charge in [-0.2, -0.15) is 11.3 Å². The first kappa shape index (κ1) is 10.1. The molecule has 1 rings (SSSR count). The SMILES string of the molecule is C=C(C#CCCCC)c1ccsc1. The molecule has 0 saturated carbocycles. The van der Waals surface area contributed by atoms with Crippen LogP contribution in [0.15, 0.2) is 23.4 Å². The largest absolute Gasteiger partial charge is 0.152 e. The number of allylic oxidation sites excluding steroid dienone is 1. The van der Waals surface area contributed by atoms with Gasteiger partial charge in [0.2, 0.25) is 0 Å². The Morgan fingerprint density at radius 2 is 2.46 bits per heavy atom. The van der Waals surface area contributed by atoms with Crippen molar-refractivity contribution in [3.8, 4) is 11.8 Å². The van der Waals surface area contributed by atoms with Crippen LogP contribution in [-0.2, 0) is 0 Å². The maximum Gasteiger partial charge on any atom is 0.0254 e. The summed E-state index contributed by atoms with van der Waals surface area (Å²) in [5.41, 5.74) is 2.10. The Bertz CT molecular complexity index is 309. The highest BCUT2D eigenvalue weighted by molar-refractivity contribution is 7.08. The molecule has 0 fully saturated rings. The van der Waals surface area contributed by atoms with Gasteiger partial charge in [-0.05, 0) is 23.2 Å². The first-order valence-corrected chi connectivity index (χ1v) is 5.49. The molecular weight excluding hydrogens is 176 g/mol. The van der Waals surface area contributed by atoms with Crippen LogP contribution < -0.4 is 0 Å². The Morgan fingerprint density at radius 1 is 1.62 bits per heavy atom. The molecule has 1 heteroatoms. The molecule has 0 aromatic carbocycles. The number of hydrogen-bond donors (Lipinski definition) is 0. The van der Waals surface area contributed by atoms with Crippen LogP contribution in [0.4, 0.5) is 0 Å². The first-order chi connectivity index (χ1) is 6.34. The van der Waals surface area contributed by atoms with E-state index in [1.54, 1.807) is 11.3 Å². The van der Waals surface area contributed by atoms with Gasteiger partial charge in [-0.25, -0.2) is 0 Å². The molecule has 0 atom stereocenters. The van der Waals surface area contributed by atoms with Gasteiger partial charge >= 0.3 is 0 Å². The standard InChI is InChI=1S/C12H14S/c1-3-4-5-6-7-11(2)12-8-9-13-10-12/h8-10H,2-5H2,1H3. The van der Waals surface area contributed by atoms with Crippen molar-refractivity contribution in [2.24, 2.45) is 0 Å². The van der Waals surface area contributed by atoms with E-state index in [0.29, 0.717) is 0 Å². The highest BCUT2D eigenvalue weighted by atomic mass is 32.1. The van der Waals surface area contributed by atoms with Crippen molar-refractivity contribution in [3.63, 3.8) is 0 Å². The zero-order chi connectivity index (χ0) is 9.52. The number of unbranched alkanes of at least 4 members (excludes halogenated alkanes) is 2. The van der Waals surface area contributed by atoms with Crippen LogP contribution in [0.1, 0.15) is 31.7 Å². The van der Waals surface area contributed by atoms with E-state index in [9.17, 15) is 0 Å². The van der Waals surface area contributed by atoms with Gasteiger partial charge in [0, 0.05) is 17.6 Å². The Hall–Kier alpha value is -1.000. The fraction of sp³-hybridized carbons (Fsp3) is 0.333. The van der Waals surface area contributed by atoms with Crippen LogP contribution in [-0.4, -0.2) is 0 Å². The lowest BCUT2D eigenvalue weighted by atomic mass is 10.1. The minimum atomic E-state index is 0.942. The summed E-state index contributed by atoms with van der Waals surface area (Å²) in [5.74, 6) is 6.21. The Labute approximate surface area is 84.3 Å². The van der Waals surface area contributed by atoms with Crippen LogP contribution in [0.25, 0.3) is 5.57 Å². The summed E-state index contributed by atoms with van der Waals surface area (Å²) >= 11 is 1.68. The maximum absolute atomic E-state index is 3.93. The number of hydrogen-bond acceptors (Lipinski definition) is 1. The van der Waals surface area contributed by atoms with Gasteiger partial charge in [0.1, 0.15) is 0 Å². The molecule has 0 aliphatic carbocycles.